The van der Waals surface area contributed by atoms with E-state index in [0.717, 1.165) is 0 Å². The number of furan rings is 1. The van der Waals surface area contributed by atoms with Gasteiger partial charge in [-0.15, -0.1) is 0 Å². The van der Waals surface area contributed by atoms with Crippen molar-refractivity contribution in [2.24, 2.45) is 0 Å². The van der Waals surface area contributed by atoms with Crippen molar-refractivity contribution in [3.63, 3.8) is 0 Å². The highest BCUT2D eigenvalue weighted by molar-refractivity contribution is 6.09. The lowest BCUT2D eigenvalue weighted by molar-refractivity contribution is 0.0699. The zero-order chi connectivity index (χ0) is 19.2. The second kappa shape index (κ2) is 8.14. The lowest BCUT2D eigenvalue weighted by Gasteiger charge is -2.09. The zero-order valence-electron chi connectivity index (χ0n) is 14.3. The monoisotopic (exact) mass is 366 g/mol. The van der Waals surface area contributed by atoms with Gasteiger partial charge in [0.1, 0.15) is 17.3 Å². The lowest BCUT2D eigenvalue weighted by Crippen LogP contribution is -2.10. The van der Waals surface area contributed by atoms with E-state index in [2.05, 4.69) is 0 Å². The van der Waals surface area contributed by atoms with Crippen molar-refractivity contribution >= 4 is 17.8 Å². The number of methoxy groups -OCH3 is 1. The first-order valence-electron chi connectivity index (χ1n) is 7.99. The fourth-order valence-electron chi connectivity index (χ4n) is 2.33. The number of hydrogen-bond donors (Lipinski definition) is 0. The second-order valence-electron chi connectivity index (χ2n) is 5.45. The number of rotatable bonds is 6. The van der Waals surface area contributed by atoms with Crippen molar-refractivity contribution in [3.05, 3.63) is 89.6 Å². The van der Waals surface area contributed by atoms with E-state index in [1.54, 1.807) is 30.3 Å². The van der Waals surface area contributed by atoms with Crippen molar-refractivity contribution in [1.29, 1.82) is 0 Å². The predicted octanol–water partition coefficient (Wildman–Crippen LogP) is 4.54. The summed E-state index contributed by atoms with van der Waals surface area (Å²) in [4.78, 5) is 24.7. The predicted molar refractivity (Wildman–Crippen MR) is 96.4 cm³/mol. The maximum Gasteiger partial charge on any atom is 0.379 e. The van der Waals surface area contributed by atoms with Crippen molar-refractivity contribution in [2.45, 2.75) is 0 Å². The number of esters is 1. The molecule has 0 aliphatic carbocycles. The average Bonchev–Trinajstić information content (AvgIpc) is 3.22. The van der Waals surface area contributed by atoms with Crippen molar-refractivity contribution in [2.75, 3.05) is 7.11 Å². The molecule has 1 aromatic heterocycles. The molecule has 6 heteroatoms. The van der Waals surface area contributed by atoms with Gasteiger partial charge in [0.05, 0.1) is 18.9 Å². The molecule has 0 radical (unpaired) electrons. The van der Waals surface area contributed by atoms with Crippen molar-refractivity contribution in [3.8, 4) is 11.5 Å². The van der Waals surface area contributed by atoms with E-state index in [1.807, 2.05) is 0 Å². The number of carbonyl (C=O) groups excluding carboxylic acids is 2. The summed E-state index contributed by atoms with van der Waals surface area (Å²) in [6.45, 7) is 0. The third-order valence-electron chi connectivity index (χ3n) is 3.70. The van der Waals surface area contributed by atoms with Gasteiger partial charge in [-0.05, 0) is 48.6 Å². The fourth-order valence-corrected chi connectivity index (χ4v) is 2.33. The third-order valence-corrected chi connectivity index (χ3v) is 3.70. The van der Waals surface area contributed by atoms with E-state index >= 15 is 0 Å². The van der Waals surface area contributed by atoms with Gasteiger partial charge >= 0.3 is 5.97 Å². The summed E-state index contributed by atoms with van der Waals surface area (Å²) in [6, 6.07) is 13.5. The Labute approximate surface area is 154 Å². The molecule has 0 atom stereocenters. The Morgan fingerprint density at radius 3 is 2.59 bits per heavy atom. The maximum atomic E-state index is 13.7. The maximum absolute atomic E-state index is 13.7. The van der Waals surface area contributed by atoms with Crippen LogP contribution in [0.4, 0.5) is 4.39 Å². The van der Waals surface area contributed by atoms with Crippen LogP contribution in [-0.4, -0.2) is 18.9 Å². The molecule has 0 amide bonds. The molecule has 0 aliphatic rings. The summed E-state index contributed by atoms with van der Waals surface area (Å²) in [6.07, 6.45) is 3.90. The molecule has 0 spiro atoms. The van der Waals surface area contributed by atoms with Gasteiger partial charge in [0.2, 0.25) is 5.76 Å². The standard InChI is InChI=1S/C21H15FO5/c1-25-15-9-11-19(27-21(24)20-7-4-12-26-20)16(13-15)18(23)10-8-14-5-2-3-6-17(14)22/h2-13H,1H3/b10-8+. The van der Waals surface area contributed by atoms with Gasteiger partial charge in [-0.3, -0.25) is 4.79 Å². The Hall–Kier alpha value is -3.67. The summed E-state index contributed by atoms with van der Waals surface area (Å²) in [5.74, 6) is -1.20. The zero-order valence-corrected chi connectivity index (χ0v) is 14.3. The number of ether oxygens (including phenoxy) is 2. The molecule has 0 fully saturated rings. The van der Waals surface area contributed by atoms with E-state index < -0.39 is 17.6 Å². The van der Waals surface area contributed by atoms with Crippen LogP contribution in [0.15, 0.2) is 71.4 Å². The molecule has 0 saturated heterocycles. The number of carbonyl (C=O) groups is 2. The number of allylic oxidation sites excluding steroid dienone is 1. The Morgan fingerprint density at radius 2 is 1.89 bits per heavy atom. The highest BCUT2D eigenvalue weighted by Gasteiger charge is 2.18. The molecule has 136 valence electrons. The van der Waals surface area contributed by atoms with E-state index in [1.165, 1.54) is 49.8 Å². The third kappa shape index (κ3) is 4.30. The van der Waals surface area contributed by atoms with E-state index in [0.29, 0.717) is 5.75 Å². The Bertz CT molecular complexity index is 990. The number of benzene rings is 2. The molecule has 0 N–H and O–H groups in total. The van der Waals surface area contributed by atoms with E-state index in [9.17, 15) is 14.0 Å². The van der Waals surface area contributed by atoms with Gasteiger partial charge in [-0.2, -0.15) is 0 Å². The van der Waals surface area contributed by atoms with Gasteiger partial charge < -0.3 is 13.9 Å². The normalized spacial score (nSPS) is 10.7. The molecule has 0 unspecified atom stereocenters. The molecule has 2 aromatic carbocycles. The topological polar surface area (TPSA) is 65.7 Å². The Balaban J connectivity index is 1.89. The minimum absolute atomic E-state index is 0.00566. The second-order valence-corrected chi connectivity index (χ2v) is 5.45. The van der Waals surface area contributed by atoms with E-state index in [-0.39, 0.29) is 22.6 Å². The molecule has 3 aromatic rings. The molecule has 27 heavy (non-hydrogen) atoms. The largest absolute Gasteiger partial charge is 0.497 e. The molecule has 0 bridgehead atoms. The van der Waals surface area contributed by atoms with Crippen LogP contribution in [-0.2, 0) is 0 Å². The average molecular weight is 366 g/mol. The van der Waals surface area contributed by atoms with Crippen LogP contribution in [0, 0.1) is 5.82 Å². The highest BCUT2D eigenvalue weighted by atomic mass is 19.1. The number of hydrogen-bond acceptors (Lipinski definition) is 5. The molecule has 3 rings (SSSR count). The first-order valence-corrected chi connectivity index (χ1v) is 7.99. The summed E-state index contributed by atoms with van der Waals surface area (Å²) < 4.78 is 29.1. The Kier molecular flexibility index (Phi) is 5.47. The number of ketones is 1. The van der Waals surface area contributed by atoms with Crippen molar-refractivity contribution in [1.82, 2.24) is 0 Å². The quantitative estimate of drug-likeness (QED) is 0.277. The van der Waals surface area contributed by atoms with Crippen molar-refractivity contribution < 1.29 is 27.9 Å². The highest BCUT2D eigenvalue weighted by Crippen LogP contribution is 2.26. The Morgan fingerprint density at radius 1 is 1.07 bits per heavy atom. The molecule has 0 saturated carbocycles. The first kappa shape index (κ1) is 18.1. The van der Waals surface area contributed by atoms with Crippen LogP contribution in [0.5, 0.6) is 11.5 Å². The first-order chi connectivity index (χ1) is 13.1. The van der Waals surface area contributed by atoms with Gasteiger partial charge in [0.25, 0.3) is 0 Å². The summed E-state index contributed by atoms with van der Waals surface area (Å²) >= 11 is 0. The van der Waals surface area contributed by atoms with E-state index in [4.69, 9.17) is 13.9 Å². The van der Waals surface area contributed by atoms with Gasteiger partial charge in [0.15, 0.2) is 5.78 Å². The van der Waals surface area contributed by atoms with Gasteiger partial charge in [-0.25, -0.2) is 9.18 Å². The molecular formula is C21H15FO5. The van der Waals surface area contributed by atoms with Crippen LogP contribution in [0.2, 0.25) is 0 Å². The van der Waals surface area contributed by atoms with Crippen LogP contribution in [0.3, 0.4) is 0 Å². The van der Waals surface area contributed by atoms with Crippen LogP contribution < -0.4 is 9.47 Å². The summed E-state index contributed by atoms with van der Waals surface area (Å²) in [5, 5.41) is 0. The summed E-state index contributed by atoms with van der Waals surface area (Å²) in [5.41, 5.74) is 0.365. The minimum Gasteiger partial charge on any atom is -0.497 e. The van der Waals surface area contributed by atoms with Gasteiger partial charge in [0, 0.05) is 5.56 Å². The van der Waals surface area contributed by atoms with Gasteiger partial charge in [-0.1, -0.05) is 18.2 Å². The molecule has 1 heterocycles. The molecule has 5 nitrogen and oxygen atoms in total. The fraction of sp³-hybridized carbons (Fsp3) is 0.0476. The smallest absolute Gasteiger partial charge is 0.379 e. The lowest BCUT2D eigenvalue weighted by atomic mass is 10.1. The summed E-state index contributed by atoms with van der Waals surface area (Å²) in [7, 11) is 1.45. The molecule has 0 aliphatic heterocycles. The SMILES string of the molecule is COc1ccc(OC(=O)c2ccco2)c(C(=O)/C=C/c2ccccc2F)c1. The minimum atomic E-state index is -0.739. The van der Waals surface area contributed by atoms with Crippen LogP contribution >= 0.6 is 0 Å². The number of halogens is 1. The van der Waals surface area contributed by atoms with Crippen LogP contribution in [0.1, 0.15) is 26.5 Å². The molecular weight excluding hydrogens is 351 g/mol. The van der Waals surface area contributed by atoms with Crippen LogP contribution in [0.25, 0.3) is 6.08 Å².